The maximum absolute atomic E-state index is 13.5. The van der Waals surface area contributed by atoms with Gasteiger partial charge in [-0.05, 0) is 66.9 Å². The molecular formula is C28H32FN3O2. The number of carbonyl (C=O) groups is 2. The monoisotopic (exact) mass is 461 g/mol. The van der Waals surface area contributed by atoms with Gasteiger partial charge in [-0.1, -0.05) is 37.6 Å². The number of benzene rings is 3. The molecule has 0 atom stereocenters. The average molecular weight is 462 g/mol. The van der Waals surface area contributed by atoms with Crippen LogP contribution in [0.1, 0.15) is 45.7 Å². The molecular weight excluding hydrogens is 429 g/mol. The van der Waals surface area contributed by atoms with E-state index in [1.54, 1.807) is 6.07 Å². The van der Waals surface area contributed by atoms with Crippen molar-refractivity contribution in [2.45, 2.75) is 27.3 Å². The number of hydrogen-bond donors (Lipinski definition) is 1. The van der Waals surface area contributed by atoms with Crippen molar-refractivity contribution >= 4 is 23.2 Å². The van der Waals surface area contributed by atoms with Crippen molar-refractivity contribution in [3.8, 4) is 0 Å². The minimum atomic E-state index is -0.463. The maximum atomic E-state index is 13.5. The van der Waals surface area contributed by atoms with Gasteiger partial charge in [0.25, 0.3) is 11.8 Å². The second-order valence-corrected chi connectivity index (χ2v) is 9.15. The molecule has 0 fully saturated rings. The third kappa shape index (κ3) is 6.44. The van der Waals surface area contributed by atoms with Crippen molar-refractivity contribution in [3.05, 3.63) is 94.8 Å². The predicted molar refractivity (Wildman–Crippen MR) is 136 cm³/mol. The SMILES string of the molecule is Cc1cccc(C(=O)N(Cc2cc(NC(=O)c3cccc(F)c3)ccc2N(C)C)CC(C)C)c1. The molecule has 0 saturated carbocycles. The lowest BCUT2D eigenvalue weighted by molar-refractivity contribution is 0.0722. The van der Waals surface area contributed by atoms with E-state index < -0.39 is 11.7 Å². The highest BCUT2D eigenvalue weighted by Crippen LogP contribution is 2.26. The van der Waals surface area contributed by atoms with E-state index in [2.05, 4.69) is 19.2 Å². The largest absolute Gasteiger partial charge is 0.377 e. The Morgan fingerprint density at radius 3 is 2.29 bits per heavy atom. The highest BCUT2D eigenvalue weighted by atomic mass is 19.1. The van der Waals surface area contributed by atoms with Gasteiger partial charge in [0.1, 0.15) is 5.82 Å². The number of nitrogens with zero attached hydrogens (tertiary/aromatic N) is 2. The highest BCUT2D eigenvalue weighted by molar-refractivity contribution is 6.04. The second kappa shape index (κ2) is 11.0. The van der Waals surface area contributed by atoms with E-state index in [1.165, 1.54) is 18.2 Å². The zero-order valence-electron chi connectivity index (χ0n) is 20.4. The highest BCUT2D eigenvalue weighted by Gasteiger charge is 2.20. The molecule has 6 heteroatoms. The normalized spacial score (nSPS) is 10.8. The number of carbonyl (C=O) groups excluding carboxylic acids is 2. The molecule has 0 heterocycles. The van der Waals surface area contributed by atoms with Gasteiger partial charge in [-0.25, -0.2) is 4.39 Å². The summed E-state index contributed by atoms with van der Waals surface area (Å²) < 4.78 is 13.5. The maximum Gasteiger partial charge on any atom is 0.255 e. The Balaban J connectivity index is 1.91. The lowest BCUT2D eigenvalue weighted by Gasteiger charge is -2.28. The van der Waals surface area contributed by atoms with Crippen LogP contribution in [0.25, 0.3) is 0 Å². The molecule has 3 aromatic carbocycles. The third-order valence-electron chi connectivity index (χ3n) is 5.40. The van der Waals surface area contributed by atoms with Crippen LogP contribution in [0.5, 0.6) is 0 Å². The van der Waals surface area contributed by atoms with Crippen LogP contribution in [0.3, 0.4) is 0 Å². The van der Waals surface area contributed by atoms with Crippen molar-refractivity contribution < 1.29 is 14.0 Å². The molecule has 2 amide bonds. The molecule has 0 aromatic heterocycles. The van der Waals surface area contributed by atoms with Gasteiger partial charge < -0.3 is 15.1 Å². The second-order valence-electron chi connectivity index (χ2n) is 9.15. The zero-order chi connectivity index (χ0) is 24.8. The summed E-state index contributed by atoms with van der Waals surface area (Å²) in [6.45, 7) is 7.12. The van der Waals surface area contributed by atoms with Gasteiger partial charge >= 0.3 is 0 Å². The van der Waals surface area contributed by atoms with Crippen LogP contribution >= 0.6 is 0 Å². The first-order chi connectivity index (χ1) is 16.1. The van der Waals surface area contributed by atoms with E-state index >= 15 is 0 Å². The van der Waals surface area contributed by atoms with Crippen molar-refractivity contribution in [3.63, 3.8) is 0 Å². The lowest BCUT2D eigenvalue weighted by atomic mass is 10.1. The number of hydrogen-bond acceptors (Lipinski definition) is 3. The van der Waals surface area contributed by atoms with Crippen LogP contribution < -0.4 is 10.2 Å². The topological polar surface area (TPSA) is 52.7 Å². The Labute approximate surface area is 201 Å². The number of halogens is 1. The average Bonchev–Trinajstić information content (AvgIpc) is 2.77. The number of anilines is 2. The van der Waals surface area contributed by atoms with Crippen LogP contribution in [-0.4, -0.2) is 37.4 Å². The van der Waals surface area contributed by atoms with Crippen LogP contribution in [-0.2, 0) is 6.54 Å². The van der Waals surface area contributed by atoms with Crippen molar-refractivity contribution in [1.82, 2.24) is 4.90 Å². The van der Waals surface area contributed by atoms with E-state index in [1.807, 2.05) is 73.3 Å². The van der Waals surface area contributed by atoms with E-state index in [-0.39, 0.29) is 17.4 Å². The van der Waals surface area contributed by atoms with Gasteiger partial charge in [-0.15, -0.1) is 0 Å². The van der Waals surface area contributed by atoms with Crippen LogP contribution in [0.15, 0.2) is 66.7 Å². The molecule has 0 spiro atoms. The van der Waals surface area contributed by atoms with Crippen LogP contribution in [0.4, 0.5) is 15.8 Å². The summed E-state index contributed by atoms with van der Waals surface area (Å²) in [4.78, 5) is 29.9. The summed E-state index contributed by atoms with van der Waals surface area (Å²) in [7, 11) is 3.89. The van der Waals surface area contributed by atoms with E-state index in [0.29, 0.717) is 24.3 Å². The summed E-state index contributed by atoms with van der Waals surface area (Å²) in [5.41, 5.74) is 4.38. The Hall–Kier alpha value is -3.67. The van der Waals surface area contributed by atoms with Gasteiger partial charge in [0.2, 0.25) is 0 Å². The fourth-order valence-corrected chi connectivity index (χ4v) is 3.89. The summed E-state index contributed by atoms with van der Waals surface area (Å²) in [5, 5.41) is 2.85. The first-order valence-electron chi connectivity index (χ1n) is 11.4. The fraction of sp³-hybridized carbons (Fsp3) is 0.286. The number of aryl methyl sites for hydroxylation is 1. The summed E-state index contributed by atoms with van der Waals surface area (Å²) in [5.74, 6) is -0.600. The summed E-state index contributed by atoms with van der Waals surface area (Å²) in [6.07, 6.45) is 0. The van der Waals surface area contributed by atoms with Gasteiger partial charge in [0, 0.05) is 49.7 Å². The Morgan fingerprint density at radius 2 is 1.65 bits per heavy atom. The minimum absolute atomic E-state index is 0.0312. The molecule has 0 bridgehead atoms. The van der Waals surface area contributed by atoms with E-state index in [4.69, 9.17) is 0 Å². The molecule has 0 radical (unpaired) electrons. The smallest absolute Gasteiger partial charge is 0.255 e. The number of amides is 2. The molecule has 3 rings (SSSR count). The first-order valence-corrected chi connectivity index (χ1v) is 11.4. The molecule has 3 aromatic rings. The molecule has 0 aliphatic rings. The number of rotatable bonds is 8. The van der Waals surface area contributed by atoms with Crippen molar-refractivity contribution in [2.24, 2.45) is 5.92 Å². The third-order valence-corrected chi connectivity index (χ3v) is 5.40. The summed E-state index contributed by atoms with van der Waals surface area (Å²) >= 11 is 0. The Kier molecular flexibility index (Phi) is 8.05. The molecule has 0 unspecified atom stereocenters. The predicted octanol–water partition coefficient (Wildman–Crippen LogP) is 5.75. The standard InChI is InChI=1S/C28H32FN3O2/c1-19(2)17-32(28(34)22-10-6-8-20(3)14-22)18-23-16-25(12-13-26(23)31(4)5)30-27(33)21-9-7-11-24(29)15-21/h6-16,19H,17-18H2,1-5H3,(H,30,33). The quantitative estimate of drug-likeness (QED) is 0.465. The lowest BCUT2D eigenvalue weighted by Crippen LogP contribution is -2.34. The van der Waals surface area contributed by atoms with Crippen molar-refractivity contribution in [1.29, 1.82) is 0 Å². The van der Waals surface area contributed by atoms with Crippen LogP contribution in [0, 0.1) is 18.7 Å². The zero-order valence-corrected chi connectivity index (χ0v) is 20.4. The molecule has 0 saturated heterocycles. The van der Waals surface area contributed by atoms with Gasteiger partial charge in [-0.2, -0.15) is 0 Å². The molecule has 178 valence electrons. The fourth-order valence-electron chi connectivity index (χ4n) is 3.89. The van der Waals surface area contributed by atoms with E-state index in [9.17, 15) is 14.0 Å². The minimum Gasteiger partial charge on any atom is -0.377 e. The molecule has 0 aliphatic carbocycles. The first kappa shape index (κ1) is 25.0. The molecule has 34 heavy (non-hydrogen) atoms. The summed E-state index contributed by atoms with van der Waals surface area (Å²) in [6, 6.07) is 18.8. The van der Waals surface area contributed by atoms with E-state index in [0.717, 1.165) is 16.8 Å². The van der Waals surface area contributed by atoms with Gasteiger partial charge in [-0.3, -0.25) is 9.59 Å². The molecule has 1 N–H and O–H groups in total. The molecule has 0 aliphatic heterocycles. The van der Waals surface area contributed by atoms with Crippen molar-refractivity contribution in [2.75, 3.05) is 30.9 Å². The Bertz CT molecular complexity index is 1170. The molecule has 5 nitrogen and oxygen atoms in total. The van der Waals surface area contributed by atoms with Crippen LogP contribution in [0.2, 0.25) is 0 Å². The van der Waals surface area contributed by atoms with Gasteiger partial charge in [0.05, 0.1) is 0 Å². The number of nitrogens with one attached hydrogen (secondary N) is 1. The Morgan fingerprint density at radius 1 is 0.941 bits per heavy atom. The van der Waals surface area contributed by atoms with Gasteiger partial charge in [0.15, 0.2) is 0 Å².